The fraction of sp³-hybridized carbons (Fsp3) is 0.500. The fourth-order valence-corrected chi connectivity index (χ4v) is 4.73. The van der Waals surface area contributed by atoms with E-state index >= 15 is 0 Å². The van der Waals surface area contributed by atoms with Crippen molar-refractivity contribution in [3.05, 3.63) is 54.0 Å². The Morgan fingerprint density at radius 2 is 1.72 bits per heavy atom. The van der Waals surface area contributed by atoms with Crippen molar-refractivity contribution in [1.29, 1.82) is 0 Å². The zero-order valence-electron chi connectivity index (χ0n) is 19.1. The molecule has 4 rings (SSSR count). The standard InChI is InChI=1S/C24H32N6O2/c1-18(31)30-16-21(20-6-4-19(5-7-20)15-27(2)3)22(17-30)24(32)29-12-10-28(11-13-29)23-14-25-8-9-26-23/h4-9,14,21-22H,10-13,15-17H2,1-3H3/t21-,22+/m1/s1. The van der Waals surface area contributed by atoms with Gasteiger partial charge in [-0.15, -0.1) is 0 Å². The van der Waals surface area contributed by atoms with E-state index in [4.69, 9.17) is 0 Å². The highest BCUT2D eigenvalue weighted by molar-refractivity contribution is 5.83. The molecule has 2 aliphatic heterocycles. The second-order valence-corrected chi connectivity index (χ2v) is 8.99. The maximum atomic E-state index is 13.5. The summed E-state index contributed by atoms with van der Waals surface area (Å²) in [5.41, 5.74) is 2.37. The average Bonchev–Trinajstić information content (AvgIpc) is 3.25. The van der Waals surface area contributed by atoms with Gasteiger partial charge in [0.15, 0.2) is 0 Å². The molecule has 0 spiro atoms. The predicted molar refractivity (Wildman–Crippen MR) is 123 cm³/mol. The van der Waals surface area contributed by atoms with Crippen molar-refractivity contribution in [1.82, 2.24) is 24.7 Å². The van der Waals surface area contributed by atoms with Gasteiger partial charge in [0.25, 0.3) is 0 Å². The number of nitrogens with zero attached hydrogens (tertiary/aromatic N) is 6. The van der Waals surface area contributed by atoms with E-state index in [1.165, 1.54) is 5.56 Å². The Hall–Kier alpha value is -3.00. The van der Waals surface area contributed by atoms with Gasteiger partial charge in [0.2, 0.25) is 11.8 Å². The van der Waals surface area contributed by atoms with E-state index in [1.54, 1.807) is 25.5 Å². The van der Waals surface area contributed by atoms with E-state index in [-0.39, 0.29) is 23.7 Å². The quantitative estimate of drug-likeness (QED) is 0.707. The van der Waals surface area contributed by atoms with Crippen molar-refractivity contribution < 1.29 is 9.59 Å². The minimum absolute atomic E-state index is 0.0258. The SMILES string of the molecule is CC(=O)N1C[C@H](C(=O)N2CCN(c3cnccn3)CC2)[C@@H](c2ccc(CN(C)C)cc2)C1. The molecule has 0 unspecified atom stereocenters. The average molecular weight is 437 g/mol. The molecule has 2 saturated heterocycles. The van der Waals surface area contributed by atoms with Gasteiger partial charge < -0.3 is 19.6 Å². The van der Waals surface area contributed by atoms with Crippen LogP contribution in [0.4, 0.5) is 5.82 Å². The van der Waals surface area contributed by atoms with E-state index < -0.39 is 0 Å². The Bertz CT molecular complexity index is 925. The normalized spacial score (nSPS) is 21.3. The van der Waals surface area contributed by atoms with Gasteiger partial charge >= 0.3 is 0 Å². The molecule has 2 amide bonds. The third kappa shape index (κ3) is 4.91. The molecule has 0 saturated carbocycles. The van der Waals surface area contributed by atoms with Gasteiger partial charge in [-0.3, -0.25) is 14.6 Å². The van der Waals surface area contributed by atoms with Crippen LogP contribution in [0.1, 0.15) is 24.0 Å². The zero-order valence-corrected chi connectivity index (χ0v) is 19.1. The highest BCUT2D eigenvalue weighted by Gasteiger charge is 2.41. The van der Waals surface area contributed by atoms with Crippen LogP contribution in [-0.4, -0.2) is 89.8 Å². The van der Waals surface area contributed by atoms with E-state index in [0.717, 1.165) is 31.0 Å². The molecule has 0 aliphatic carbocycles. The summed E-state index contributed by atoms with van der Waals surface area (Å²) < 4.78 is 0. The number of aromatic nitrogens is 2. The summed E-state index contributed by atoms with van der Waals surface area (Å²) in [5.74, 6) is 0.843. The third-order valence-electron chi connectivity index (χ3n) is 6.45. The van der Waals surface area contributed by atoms with Gasteiger partial charge in [-0.25, -0.2) is 4.98 Å². The molecular weight excluding hydrogens is 404 g/mol. The lowest BCUT2D eigenvalue weighted by atomic mass is 9.87. The summed E-state index contributed by atoms with van der Waals surface area (Å²) in [6.07, 6.45) is 5.11. The van der Waals surface area contributed by atoms with Crippen LogP contribution in [0.15, 0.2) is 42.9 Å². The van der Waals surface area contributed by atoms with Crippen LogP contribution in [0.3, 0.4) is 0 Å². The monoisotopic (exact) mass is 436 g/mol. The molecule has 170 valence electrons. The number of carbonyl (C=O) groups excluding carboxylic acids is 2. The van der Waals surface area contributed by atoms with Gasteiger partial charge in [0.1, 0.15) is 5.82 Å². The number of carbonyl (C=O) groups is 2. The molecule has 2 fully saturated rings. The van der Waals surface area contributed by atoms with Crippen molar-refractivity contribution in [3.8, 4) is 0 Å². The zero-order chi connectivity index (χ0) is 22.7. The number of piperazine rings is 1. The number of amides is 2. The number of rotatable bonds is 5. The molecule has 8 heteroatoms. The molecular formula is C24H32N6O2. The maximum absolute atomic E-state index is 13.5. The third-order valence-corrected chi connectivity index (χ3v) is 6.45. The Morgan fingerprint density at radius 3 is 2.31 bits per heavy atom. The highest BCUT2D eigenvalue weighted by atomic mass is 16.2. The van der Waals surface area contributed by atoms with E-state index in [2.05, 4.69) is 58.1 Å². The lowest BCUT2D eigenvalue weighted by molar-refractivity contribution is -0.136. The molecule has 3 heterocycles. The Kier molecular flexibility index (Phi) is 6.69. The molecule has 1 aromatic carbocycles. The molecule has 2 aromatic rings. The lowest BCUT2D eigenvalue weighted by Gasteiger charge is -2.37. The van der Waals surface area contributed by atoms with Crippen LogP contribution in [0.2, 0.25) is 0 Å². The summed E-state index contributed by atoms with van der Waals surface area (Å²) in [6.45, 7) is 6.32. The molecule has 2 aliphatic rings. The van der Waals surface area contributed by atoms with Gasteiger partial charge in [0.05, 0.1) is 12.1 Å². The van der Waals surface area contributed by atoms with Crippen molar-refractivity contribution in [2.75, 3.05) is 58.3 Å². The Morgan fingerprint density at radius 1 is 1.00 bits per heavy atom. The Labute approximate surface area is 189 Å². The number of likely N-dealkylation sites (tertiary alicyclic amines) is 1. The van der Waals surface area contributed by atoms with E-state index in [9.17, 15) is 9.59 Å². The van der Waals surface area contributed by atoms with Crippen LogP contribution in [0.25, 0.3) is 0 Å². The van der Waals surface area contributed by atoms with Crippen molar-refractivity contribution in [2.45, 2.75) is 19.4 Å². The van der Waals surface area contributed by atoms with Gasteiger partial charge in [-0.05, 0) is 25.2 Å². The number of benzene rings is 1. The van der Waals surface area contributed by atoms with Crippen LogP contribution in [0, 0.1) is 5.92 Å². The first-order valence-corrected chi connectivity index (χ1v) is 11.2. The molecule has 32 heavy (non-hydrogen) atoms. The van der Waals surface area contributed by atoms with Crippen LogP contribution < -0.4 is 4.90 Å². The molecule has 0 bridgehead atoms. The molecule has 8 nitrogen and oxygen atoms in total. The predicted octanol–water partition coefficient (Wildman–Crippen LogP) is 1.45. The van der Waals surface area contributed by atoms with Crippen molar-refractivity contribution in [3.63, 3.8) is 0 Å². The fourth-order valence-electron chi connectivity index (χ4n) is 4.73. The summed E-state index contributed by atoms with van der Waals surface area (Å²) in [4.78, 5) is 42.2. The van der Waals surface area contributed by atoms with E-state index in [1.807, 2.05) is 9.80 Å². The van der Waals surface area contributed by atoms with Crippen LogP contribution in [0.5, 0.6) is 0 Å². The summed E-state index contributed by atoms with van der Waals surface area (Å²) in [7, 11) is 4.10. The summed E-state index contributed by atoms with van der Waals surface area (Å²) in [5, 5.41) is 0. The smallest absolute Gasteiger partial charge is 0.228 e. The van der Waals surface area contributed by atoms with Crippen molar-refractivity contribution >= 4 is 17.6 Å². The van der Waals surface area contributed by atoms with Gasteiger partial charge in [0, 0.05) is 71.0 Å². The number of anilines is 1. The van der Waals surface area contributed by atoms with Gasteiger partial charge in [-0.2, -0.15) is 0 Å². The topological polar surface area (TPSA) is 72.9 Å². The molecule has 1 aromatic heterocycles. The van der Waals surface area contributed by atoms with E-state index in [0.29, 0.717) is 26.2 Å². The minimum atomic E-state index is -0.207. The lowest BCUT2D eigenvalue weighted by Crippen LogP contribution is -2.51. The highest BCUT2D eigenvalue weighted by Crippen LogP contribution is 2.34. The second-order valence-electron chi connectivity index (χ2n) is 8.99. The minimum Gasteiger partial charge on any atom is -0.352 e. The first-order chi connectivity index (χ1) is 15.4. The Balaban J connectivity index is 1.46. The molecule has 0 radical (unpaired) electrons. The van der Waals surface area contributed by atoms with Crippen molar-refractivity contribution in [2.24, 2.45) is 5.92 Å². The summed E-state index contributed by atoms with van der Waals surface area (Å²) >= 11 is 0. The molecule has 2 atom stereocenters. The number of hydrogen-bond donors (Lipinski definition) is 0. The first kappa shape index (κ1) is 22.2. The van der Waals surface area contributed by atoms with Gasteiger partial charge in [-0.1, -0.05) is 24.3 Å². The molecule has 0 N–H and O–H groups in total. The second kappa shape index (κ2) is 9.65. The first-order valence-electron chi connectivity index (χ1n) is 11.2. The van der Waals surface area contributed by atoms with Crippen LogP contribution >= 0.6 is 0 Å². The number of hydrogen-bond acceptors (Lipinski definition) is 6. The maximum Gasteiger partial charge on any atom is 0.228 e. The van der Waals surface area contributed by atoms with Crippen LogP contribution in [-0.2, 0) is 16.1 Å². The largest absolute Gasteiger partial charge is 0.352 e. The summed E-state index contributed by atoms with van der Waals surface area (Å²) in [6, 6.07) is 8.51.